The summed E-state index contributed by atoms with van der Waals surface area (Å²) in [6, 6.07) is 11.1. The summed E-state index contributed by atoms with van der Waals surface area (Å²) >= 11 is 0. The third-order valence-electron chi connectivity index (χ3n) is 4.03. The van der Waals surface area contributed by atoms with Crippen molar-refractivity contribution in [3.05, 3.63) is 36.5 Å². The number of hydrogen-bond acceptors (Lipinski definition) is 2. The molecule has 92 valence electrons. The van der Waals surface area contributed by atoms with Gasteiger partial charge in [-0.2, -0.15) is 0 Å². The van der Waals surface area contributed by atoms with E-state index >= 15 is 0 Å². The molecule has 1 unspecified atom stereocenters. The maximum absolute atomic E-state index is 4.73. The van der Waals surface area contributed by atoms with Crippen molar-refractivity contribution in [2.45, 2.75) is 31.8 Å². The molecule has 1 aromatic heterocycles. The molecule has 2 aromatic rings. The molecule has 0 radical (unpaired) electrons. The largest absolute Gasteiger partial charge is 0.353 e. The fraction of sp³-hybridized carbons (Fsp3) is 0.400. The molecule has 18 heavy (non-hydrogen) atoms. The van der Waals surface area contributed by atoms with Gasteiger partial charge in [0.2, 0.25) is 5.95 Å². The second-order valence-corrected chi connectivity index (χ2v) is 5.39. The lowest BCUT2D eigenvalue weighted by atomic mass is 10.1. The van der Waals surface area contributed by atoms with Crippen LogP contribution < -0.4 is 5.32 Å². The Morgan fingerprint density at radius 3 is 2.72 bits per heavy atom. The summed E-state index contributed by atoms with van der Waals surface area (Å²) in [5.41, 5.74) is 2.28. The van der Waals surface area contributed by atoms with Crippen molar-refractivity contribution in [1.82, 2.24) is 9.55 Å². The van der Waals surface area contributed by atoms with Crippen LogP contribution in [0.15, 0.2) is 36.5 Å². The fourth-order valence-corrected chi connectivity index (χ4v) is 2.82. The highest BCUT2D eigenvalue weighted by Crippen LogP contribution is 2.38. The molecule has 2 heterocycles. The first-order chi connectivity index (χ1) is 8.90. The van der Waals surface area contributed by atoms with Gasteiger partial charge in [0.25, 0.3) is 0 Å². The Morgan fingerprint density at radius 1 is 1.11 bits per heavy atom. The van der Waals surface area contributed by atoms with E-state index in [9.17, 15) is 0 Å². The molecule has 1 N–H and O–H groups in total. The van der Waals surface area contributed by atoms with E-state index in [0.717, 1.165) is 24.1 Å². The van der Waals surface area contributed by atoms with Crippen LogP contribution in [0.5, 0.6) is 0 Å². The van der Waals surface area contributed by atoms with E-state index < -0.39 is 0 Å². The number of anilines is 1. The predicted octanol–water partition coefficient (Wildman–Crippen LogP) is 3.14. The van der Waals surface area contributed by atoms with E-state index in [1.165, 1.54) is 24.8 Å². The smallest absolute Gasteiger partial charge is 0.203 e. The zero-order valence-corrected chi connectivity index (χ0v) is 10.3. The highest BCUT2D eigenvalue weighted by molar-refractivity contribution is 5.60. The summed E-state index contributed by atoms with van der Waals surface area (Å²) in [4.78, 5) is 4.73. The van der Waals surface area contributed by atoms with Crippen LogP contribution >= 0.6 is 0 Å². The summed E-state index contributed by atoms with van der Waals surface area (Å²) in [6.07, 6.45) is 6.19. The quantitative estimate of drug-likeness (QED) is 0.872. The van der Waals surface area contributed by atoms with E-state index in [2.05, 4.69) is 40.3 Å². The van der Waals surface area contributed by atoms with E-state index in [1.54, 1.807) is 0 Å². The highest BCUT2D eigenvalue weighted by atomic mass is 15.2. The van der Waals surface area contributed by atoms with Crippen molar-refractivity contribution < 1.29 is 0 Å². The Bertz CT molecular complexity index is 554. The van der Waals surface area contributed by atoms with Crippen LogP contribution in [0.4, 0.5) is 5.95 Å². The summed E-state index contributed by atoms with van der Waals surface area (Å²) in [5, 5.41) is 3.60. The molecule has 0 saturated heterocycles. The fourth-order valence-electron chi connectivity index (χ4n) is 2.82. The molecular formula is C15H17N3. The first-order valence-corrected chi connectivity index (χ1v) is 6.79. The normalized spacial score (nSPS) is 22.3. The van der Waals surface area contributed by atoms with Gasteiger partial charge in [-0.3, -0.25) is 0 Å². The average molecular weight is 239 g/mol. The van der Waals surface area contributed by atoms with Gasteiger partial charge < -0.3 is 9.88 Å². The van der Waals surface area contributed by atoms with Gasteiger partial charge >= 0.3 is 0 Å². The lowest BCUT2D eigenvalue weighted by Gasteiger charge is -2.25. The van der Waals surface area contributed by atoms with Crippen LogP contribution in [0.2, 0.25) is 0 Å². The minimum Gasteiger partial charge on any atom is -0.353 e. The van der Waals surface area contributed by atoms with Crippen molar-refractivity contribution >= 4 is 5.95 Å². The second-order valence-electron chi connectivity index (χ2n) is 5.39. The lowest BCUT2D eigenvalue weighted by Crippen LogP contribution is -2.30. The van der Waals surface area contributed by atoms with Gasteiger partial charge in [-0.05, 0) is 25.2 Å². The molecule has 1 saturated carbocycles. The van der Waals surface area contributed by atoms with Crippen LogP contribution in [0.3, 0.4) is 0 Å². The van der Waals surface area contributed by atoms with Crippen LogP contribution in [0.1, 0.15) is 19.3 Å². The Hall–Kier alpha value is -1.77. The standard InChI is InChI=1S/C15H17N3/c1-2-4-11(5-3-1)14-10-18-9-8-13(12-6-7-12)16-15(18)17-14/h1-5,10,12-13H,6-9H2,(H,16,17). The minimum atomic E-state index is 0.656. The Kier molecular flexibility index (Phi) is 2.19. The Balaban J connectivity index is 1.65. The van der Waals surface area contributed by atoms with Crippen LogP contribution in [-0.2, 0) is 6.54 Å². The lowest BCUT2D eigenvalue weighted by molar-refractivity contribution is 0.490. The summed E-state index contributed by atoms with van der Waals surface area (Å²) in [7, 11) is 0. The molecule has 1 aromatic carbocycles. The summed E-state index contributed by atoms with van der Waals surface area (Å²) < 4.78 is 2.25. The first kappa shape index (κ1) is 10.2. The average Bonchev–Trinajstić information content (AvgIpc) is 3.18. The maximum Gasteiger partial charge on any atom is 0.203 e. The van der Waals surface area contributed by atoms with Gasteiger partial charge in [0, 0.05) is 24.3 Å². The molecule has 3 heteroatoms. The monoisotopic (exact) mass is 239 g/mol. The van der Waals surface area contributed by atoms with E-state index in [1.807, 2.05) is 6.07 Å². The third-order valence-corrected chi connectivity index (χ3v) is 4.03. The van der Waals surface area contributed by atoms with Crippen molar-refractivity contribution in [3.63, 3.8) is 0 Å². The summed E-state index contributed by atoms with van der Waals surface area (Å²) in [6.45, 7) is 1.10. The van der Waals surface area contributed by atoms with Gasteiger partial charge in [-0.25, -0.2) is 4.98 Å². The molecule has 0 amide bonds. The molecule has 1 aliphatic carbocycles. The number of nitrogens with zero attached hydrogens (tertiary/aromatic N) is 2. The maximum atomic E-state index is 4.73. The molecule has 1 fully saturated rings. The molecule has 2 aliphatic rings. The molecule has 0 spiro atoms. The van der Waals surface area contributed by atoms with E-state index in [-0.39, 0.29) is 0 Å². The van der Waals surface area contributed by atoms with Crippen molar-refractivity contribution in [2.75, 3.05) is 5.32 Å². The van der Waals surface area contributed by atoms with Crippen molar-refractivity contribution in [3.8, 4) is 11.3 Å². The van der Waals surface area contributed by atoms with E-state index in [4.69, 9.17) is 4.98 Å². The zero-order valence-electron chi connectivity index (χ0n) is 10.3. The Labute approximate surface area is 107 Å². The number of aromatic nitrogens is 2. The molecule has 0 bridgehead atoms. The van der Waals surface area contributed by atoms with Gasteiger partial charge in [0.1, 0.15) is 0 Å². The second kappa shape index (κ2) is 3.87. The van der Waals surface area contributed by atoms with Gasteiger partial charge in [-0.15, -0.1) is 0 Å². The predicted molar refractivity (Wildman–Crippen MR) is 72.4 cm³/mol. The molecular weight excluding hydrogens is 222 g/mol. The molecule has 1 aliphatic heterocycles. The molecule has 3 nitrogen and oxygen atoms in total. The highest BCUT2D eigenvalue weighted by Gasteiger charge is 2.33. The number of hydrogen-bond donors (Lipinski definition) is 1. The zero-order chi connectivity index (χ0) is 11.9. The minimum absolute atomic E-state index is 0.656. The number of nitrogens with one attached hydrogen (secondary N) is 1. The SMILES string of the molecule is c1ccc(-c2cn3c(n2)NC(C2CC2)CC3)cc1. The van der Waals surface area contributed by atoms with Crippen molar-refractivity contribution in [2.24, 2.45) is 5.92 Å². The number of rotatable bonds is 2. The van der Waals surface area contributed by atoms with Crippen LogP contribution in [0.25, 0.3) is 11.3 Å². The molecule has 4 rings (SSSR count). The number of aryl methyl sites for hydroxylation is 1. The number of fused-ring (bicyclic) bond motifs is 1. The van der Waals surface area contributed by atoms with Crippen LogP contribution in [0, 0.1) is 5.92 Å². The number of benzene rings is 1. The number of imidazole rings is 1. The summed E-state index contributed by atoms with van der Waals surface area (Å²) in [5.74, 6) is 1.95. The van der Waals surface area contributed by atoms with Gasteiger partial charge in [-0.1, -0.05) is 30.3 Å². The van der Waals surface area contributed by atoms with Gasteiger partial charge in [0.15, 0.2) is 0 Å². The molecule has 1 atom stereocenters. The Morgan fingerprint density at radius 2 is 1.94 bits per heavy atom. The first-order valence-electron chi connectivity index (χ1n) is 6.79. The topological polar surface area (TPSA) is 29.9 Å². The van der Waals surface area contributed by atoms with Crippen molar-refractivity contribution in [1.29, 1.82) is 0 Å². The van der Waals surface area contributed by atoms with E-state index in [0.29, 0.717) is 6.04 Å². The van der Waals surface area contributed by atoms with Gasteiger partial charge in [0.05, 0.1) is 5.69 Å². The van der Waals surface area contributed by atoms with Crippen LogP contribution in [-0.4, -0.2) is 15.6 Å². The third kappa shape index (κ3) is 1.70.